The number of hydrogen-bond acceptors (Lipinski definition) is 6. The van der Waals surface area contributed by atoms with Gasteiger partial charge in [0.15, 0.2) is 0 Å². The number of carbonyl (C=O) groups excluding carboxylic acids is 1. The Kier molecular flexibility index (Phi) is 4.73. The minimum Gasteiger partial charge on any atom is -0.496 e. The molecule has 10 heteroatoms. The first-order chi connectivity index (χ1) is 10.8. The predicted octanol–water partition coefficient (Wildman–Crippen LogP) is 3.13. The Morgan fingerprint density at radius 2 is 1.74 bits per heavy atom. The lowest BCUT2D eigenvalue weighted by Gasteiger charge is -2.12. The van der Waals surface area contributed by atoms with E-state index >= 15 is 0 Å². The molecule has 1 aromatic carbocycles. The van der Waals surface area contributed by atoms with E-state index in [1.165, 1.54) is 26.4 Å². The summed E-state index contributed by atoms with van der Waals surface area (Å²) in [5.74, 6) is 0.192. The van der Waals surface area contributed by atoms with Gasteiger partial charge in [-0.3, -0.25) is 10.1 Å². The molecule has 0 radical (unpaired) electrons. The first kappa shape index (κ1) is 17.0. The molecule has 6 nitrogen and oxygen atoms in total. The van der Waals surface area contributed by atoms with Crippen molar-refractivity contribution in [2.24, 2.45) is 0 Å². The number of rotatable bonds is 4. The first-order valence-corrected chi connectivity index (χ1v) is 7.02. The highest BCUT2D eigenvalue weighted by Crippen LogP contribution is 2.34. The summed E-state index contributed by atoms with van der Waals surface area (Å²) < 4.78 is 47.7. The van der Waals surface area contributed by atoms with Crippen LogP contribution < -0.4 is 14.8 Å². The van der Waals surface area contributed by atoms with Crippen LogP contribution in [-0.2, 0) is 6.18 Å². The van der Waals surface area contributed by atoms with E-state index in [1.807, 2.05) is 0 Å². The summed E-state index contributed by atoms with van der Waals surface area (Å²) >= 11 is 0.244. The van der Waals surface area contributed by atoms with Gasteiger partial charge in [0.2, 0.25) is 10.1 Å². The third-order valence-electron chi connectivity index (χ3n) is 2.90. The van der Waals surface area contributed by atoms with E-state index in [0.717, 1.165) is 0 Å². The third-order valence-corrected chi connectivity index (χ3v) is 3.79. The molecule has 0 aliphatic rings. The average molecular weight is 347 g/mol. The third kappa shape index (κ3) is 3.70. The fraction of sp³-hybridized carbons (Fsp3) is 0.308. The normalized spacial score (nSPS) is 11.2. The molecule has 0 bridgehead atoms. The molecule has 0 aliphatic heterocycles. The molecule has 0 fully saturated rings. The Labute approximate surface area is 133 Å². The molecule has 0 saturated carbocycles. The number of anilines is 1. The number of halogens is 3. The molecule has 1 heterocycles. The van der Waals surface area contributed by atoms with Crippen molar-refractivity contribution in [3.8, 4) is 11.5 Å². The first-order valence-electron chi connectivity index (χ1n) is 6.21. The molecule has 23 heavy (non-hydrogen) atoms. The van der Waals surface area contributed by atoms with E-state index in [1.54, 1.807) is 6.92 Å². The van der Waals surface area contributed by atoms with Gasteiger partial charge in [-0.25, -0.2) is 0 Å². The van der Waals surface area contributed by atoms with Crippen molar-refractivity contribution in [3.63, 3.8) is 0 Å². The van der Waals surface area contributed by atoms with Gasteiger partial charge in [-0.15, -0.1) is 10.2 Å². The number of nitrogens with zero attached hydrogens (tertiary/aromatic N) is 2. The summed E-state index contributed by atoms with van der Waals surface area (Å²) in [5.41, 5.74) is 0.856. The molecule has 1 aromatic heterocycles. The number of benzene rings is 1. The lowest BCUT2D eigenvalue weighted by molar-refractivity contribution is -0.138. The van der Waals surface area contributed by atoms with Crippen LogP contribution in [0.15, 0.2) is 12.1 Å². The summed E-state index contributed by atoms with van der Waals surface area (Å²) in [6.07, 6.45) is -4.60. The van der Waals surface area contributed by atoms with Gasteiger partial charge in [-0.05, 0) is 19.1 Å². The van der Waals surface area contributed by atoms with Crippen LogP contribution >= 0.6 is 11.3 Å². The topological polar surface area (TPSA) is 73.3 Å². The average Bonchev–Trinajstić information content (AvgIpc) is 2.96. The molecule has 1 amide bonds. The van der Waals surface area contributed by atoms with Crippen LogP contribution in [0.25, 0.3) is 0 Å². The summed E-state index contributed by atoms with van der Waals surface area (Å²) in [7, 11) is 2.87. The highest BCUT2D eigenvalue weighted by Gasteiger charge is 2.35. The van der Waals surface area contributed by atoms with Crippen LogP contribution in [0.1, 0.15) is 20.9 Å². The van der Waals surface area contributed by atoms with Crippen molar-refractivity contribution in [1.82, 2.24) is 10.2 Å². The molecule has 0 saturated heterocycles. The fourth-order valence-corrected chi connectivity index (χ4v) is 2.38. The maximum absolute atomic E-state index is 12.5. The maximum atomic E-state index is 12.5. The van der Waals surface area contributed by atoms with E-state index in [0.29, 0.717) is 17.1 Å². The SMILES string of the molecule is COc1cc(C(=O)Nc2nnc(C(F)(F)F)s2)cc(OC)c1C. The van der Waals surface area contributed by atoms with Gasteiger partial charge >= 0.3 is 6.18 Å². The highest BCUT2D eigenvalue weighted by atomic mass is 32.1. The number of carbonyl (C=O) groups is 1. The summed E-state index contributed by atoms with van der Waals surface area (Å²) in [5, 5.41) is 7.19. The zero-order valence-corrected chi connectivity index (χ0v) is 13.1. The molecular formula is C13H12F3N3O3S. The molecule has 0 unspecified atom stereocenters. The number of ether oxygens (including phenoxy) is 2. The quantitative estimate of drug-likeness (QED) is 0.920. The fourth-order valence-electron chi connectivity index (χ4n) is 1.77. The number of alkyl halides is 3. The van der Waals surface area contributed by atoms with Crippen molar-refractivity contribution in [2.75, 3.05) is 19.5 Å². The number of nitrogens with one attached hydrogen (secondary N) is 1. The van der Waals surface area contributed by atoms with Crippen molar-refractivity contribution < 1.29 is 27.4 Å². The van der Waals surface area contributed by atoms with Crippen LogP contribution in [-0.4, -0.2) is 30.3 Å². The maximum Gasteiger partial charge on any atom is 0.445 e. The van der Waals surface area contributed by atoms with Gasteiger partial charge in [-0.2, -0.15) is 13.2 Å². The van der Waals surface area contributed by atoms with Crippen LogP contribution in [0.3, 0.4) is 0 Å². The van der Waals surface area contributed by atoms with Gasteiger partial charge in [-0.1, -0.05) is 11.3 Å². The smallest absolute Gasteiger partial charge is 0.445 e. The molecule has 0 atom stereocenters. The predicted molar refractivity (Wildman–Crippen MR) is 77.1 cm³/mol. The van der Waals surface area contributed by atoms with Gasteiger partial charge < -0.3 is 9.47 Å². The zero-order valence-electron chi connectivity index (χ0n) is 12.3. The van der Waals surface area contributed by atoms with Crippen molar-refractivity contribution in [1.29, 1.82) is 0 Å². The molecule has 124 valence electrons. The Morgan fingerprint density at radius 1 is 1.17 bits per heavy atom. The van der Waals surface area contributed by atoms with Crippen molar-refractivity contribution in [3.05, 3.63) is 28.3 Å². The second-order valence-corrected chi connectivity index (χ2v) is 5.35. The van der Waals surface area contributed by atoms with E-state index in [4.69, 9.17) is 9.47 Å². The summed E-state index contributed by atoms with van der Waals surface area (Å²) in [6, 6.07) is 2.91. The second-order valence-electron chi connectivity index (χ2n) is 4.37. The van der Waals surface area contributed by atoms with Crippen LogP contribution in [0.4, 0.5) is 18.3 Å². The molecule has 2 aromatic rings. The Bertz CT molecular complexity index is 706. The standard InChI is InChI=1S/C13H12F3N3O3S/c1-6-8(21-2)4-7(5-9(6)22-3)10(20)17-12-19-18-11(23-12)13(14,15)16/h4-5H,1-3H3,(H,17,19,20). The Hall–Kier alpha value is -2.36. The van der Waals surface area contributed by atoms with Crippen molar-refractivity contribution in [2.45, 2.75) is 13.1 Å². The molecular weight excluding hydrogens is 335 g/mol. The van der Waals surface area contributed by atoms with Gasteiger partial charge in [0.1, 0.15) is 11.5 Å². The van der Waals surface area contributed by atoms with E-state index in [9.17, 15) is 18.0 Å². The minimum absolute atomic E-state index is 0.160. The minimum atomic E-state index is -4.60. The highest BCUT2D eigenvalue weighted by molar-refractivity contribution is 7.15. The van der Waals surface area contributed by atoms with Gasteiger partial charge in [0.05, 0.1) is 14.2 Å². The van der Waals surface area contributed by atoms with Crippen molar-refractivity contribution >= 4 is 22.4 Å². The van der Waals surface area contributed by atoms with Crippen LogP contribution in [0, 0.1) is 6.92 Å². The Balaban J connectivity index is 2.26. The van der Waals surface area contributed by atoms with E-state index in [2.05, 4.69) is 15.5 Å². The molecule has 0 aliphatic carbocycles. The molecule has 2 rings (SSSR count). The monoisotopic (exact) mass is 347 g/mol. The van der Waals surface area contributed by atoms with E-state index in [-0.39, 0.29) is 22.0 Å². The molecule has 1 N–H and O–H groups in total. The molecule has 0 spiro atoms. The number of hydrogen-bond donors (Lipinski definition) is 1. The largest absolute Gasteiger partial charge is 0.496 e. The Morgan fingerprint density at radius 3 is 2.17 bits per heavy atom. The van der Waals surface area contributed by atoms with Gasteiger partial charge in [0, 0.05) is 11.1 Å². The summed E-state index contributed by atoms with van der Waals surface area (Å²) in [4.78, 5) is 12.2. The lowest BCUT2D eigenvalue weighted by Crippen LogP contribution is -2.12. The van der Waals surface area contributed by atoms with E-state index < -0.39 is 17.1 Å². The zero-order chi connectivity index (χ0) is 17.2. The second kappa shape index (κ2) is 6.41. The number of amides is 1. The number of aromatic nitrogens is 2. The summed E-state index contributed by atoms with van der Waals surface area (Å²) in [6.45, 7) is 1.75. The number of methoxy groups -OCH3 is 2. The van der Waals surface area contributed by atoms with Gasteiger partial charge in [0.25, 0.3) is 5.91 Å². The van der Waals surface area contributed by atoms with Crippen LogP contribution in [0.2, 0.25) is 0 Å². The lowest BCUT2D eigenvalue weighted by atomic mass is 10.1. The van der Waals surface area contributed by atoms with Crippen LogP contribution in [0.5, 0.6) is 11.5 Å².